The molecule has 0 saturated heterocycles. The Morgan fingerprint density at radius 2 is 1.75 bits per heavy atom. The van der Waals surface area contributed by atoms with Gasteiger partial charge in [0.15, 0.2) is 0 Å². The molecule has 0 radical (unpaired) electrons. The highest BCUT2D eigenvalue weighted by Gasteiger charge is 2.20. The molecule has 0 atom stereocenters. The lowest BCUT2D eigenvalue weighted by Gasteiger charge is -1.97. The molecule has 16 heavy (non-hydrogen) atoms. The molecular weight excluding hydrogens is 240 g/mol. The molecule has 3 nitrogen and oxygen atoms in total. The summed E-state index contributed by atoms with van der Waals surface area (Å²) in [6, 6.07) is 9.99. The molecule has 0 fully saturated rings. The Labute approximate surface area is 98.9 Å². The maximum atomic E-state index is 11.4. The van der Waals surface area contributed by atoms with Gasteiger partial charge in [0, 0.05) is 0 Å². The summed E-state index contributed by atoms with van der Waals surface area (Å²) in [5, 5.41) is 0. The van der Waals surface area contributed by atoms with Gasteiger partial charge in [0.05, 0.1) is 15.4 Å². The minimum atomic E-state index is -0.189. The monoisotopic (exact) mass is 248 g/mol. The molecule has 0 unspecified atom stereocenters. The molecule has 0 saturated carbocycles. The van der Waals surface area contributed by atoms with Crippen molar-refractivity contribution in [3.8, 4) is 21.0 Å². The minimum Gasteiger partial charge on any atom is -0.393 e. The Hall–Kier alpha value is -1.59. The van der Waals surface area contributed by atoms with Crippen molar-refractivity contribution in [1.29, 1.82) is 0 Å². The van der Waals surface area contributed by atoms with E-state index in [9.17, 15) is 4.79 Å². The smallest absolute Gasteiger partial charge is 0.273 e. The third kappa shape index (κ3) is 1.29. The average Bonchev–Trinajstić information content (AvgIpc) is 2.83. The summed E-state index contributed by atoms with van der Waals surface area (Å²) >= 11 is 0. The van der Waals surface area contributed by atoms with Gasteiger partial charge in [0.25, 0.3) is 5.56 Å². The van der Waals surface area contributed by atoms with Crippen LogP contribution in [-0.2, 0) is 0 Å². The van der Waals surface area contributed by atoms with Gasteiger partial charge in [0.2, 0.25) is 0 Å². The largest absolute Gasteiger partial charge is 0.393 e. The van der Waals surface area contributed by atoms with Gasteiger partial charge in [-0.25, -0.2) is 0 Å². The summed E-state index contributed by atoms with van der Waals surface area (Å²) in [4.78, 5) is 16.2. The number of H-pyrrole nitrogens is 1. The summed E-state index contributed by atoms with van der Waals surface area (Å²) < 4.78 is 0. The van der Waals surface area contributed by atoms with E-state index >= 15 is 0 Å². The highest BCUT2D eigenvalue weighted by atomic mass is 32.9. The van der Waals surface area contributed by atoms with E-state index in [0.29, 0.717) is 5.69 Å². The second-order valence-electron chi connectivity index (χ2n) is 3.43. The van der Waals surface area contributed by atoms with Crippen LogP contribution in [0.1, 0.15) is 0 Å². The van der Waals surface area contributed by atoms with Crippen molar-refractivity contribution in [2.45, 2.75) is 0 Å². The first-order valence-electron chi connectivity index (χ1n) is 4.73. The quantitative estimate of drug-likeness (QED) is 0.650. The second-order valence-corrected chi connectivity index (χ2v) is 5.58. The van der Waals surface area contributed by atoms with Crippen molar-refractivity contribution >= 4 is 26.4 Å². The number of fused-ring (bicyclic) bond motifs is 1. The lowest BCUT2D eigenvalue weighted by molar-refractivity contribution is 1.33. The standard InChI is InChI=1S/C11H8N2OS2/c12-7-10-8(13-11(7)14)9(15-16-10)6-4-2-1-3-5-6/h1-5H,12H2,(H,13,14). The predicted molar refractivity (Wildman–Crippen MR) is 69.3 cm³/mol. The molecule has 0 spiro atoms. The predicted octanol–water partition coefficient (Wildman–Crippen LogP) is 2.85. The van der Waals surface area contributed by atoms with Gasteiger partial charge < -0.3 is 10.7 Å². The number of aromatic nitrogens is 1. The van der Waals surface area contributed by atoms with Crippen LogP contribution < -0.4 is 11.3 Å². The van der Waals surface area contributed by atoms with Crippen LogP contribution in [0.25, 0.3) is 21.0 Å². The van der Waals surface area contributed by atoms with Gasteiger partial charge in [-0.05, 0) is 5.56 Å². The topological polar surface area (TPSA) is 58.9 Å². The number of rotatable bonds is 1. The zero-order valence-corrected chi connectivity index (χ0v) is 9.82. The number of anilines is 1. The molecule has 80 valence electrons. The fourth-order valence-electron chi connectivity index (χ4n) is 1.63. The Morgan fingerprint density at radius 1 is 1.06 bits per heavy atom. The molecule has 2 aliphatic rings. The summed E-state index contributed by atoms with van der Waals surface area (Å²) in [6.07, 6.45) is 0. The first-order valence-corrected chi connectivity index (χ1v) is 6.88. The van der Waals surface area contributed by atoms with E-state index in [0.717, 1.165) is 21.0 Å². The van der Waals surface area contributed by atoms with Gasteiger partial charge in [-0.2, -0.15) is 0 Å². The van der Waals surface area contributed by atoms with E-state index in [1.165, 1.54) is 0 Å². The van der Waals surface area contributed by atoms with Crippen LogP contribution in [0.5, 0.6) is 0 Å². The van der Waals surface area contributed by atoms with Crippen LogP contribution in [-0.4, -0.2) is 4.98 Å². The van der Waals surface area contributed by atoms with Gasteiger partial charge in [-0.1, -0.05) is 51.0 Å². The molecular formula is C11H8N2OS2. The van der Waals surface area contributed by atoms with Crippen LogP contribution in [0.15, 0.2) is 35.1 Å². The summed E-state index contributed by atoms with van der Waals surface area (Å²) in [7, 11) is 3.18. The number of aromatic amines is 1. The number of nitrogens with two attached hydrogens (primary N) is 1. The van der Waals surface area contributed by atoms with Crippen LogP contribution in [0, 0.1) is 0 Å². The number of benzene rings is 1. The molecule has 3 N–H and O–H groups in total. The van der Waals surface area contributed by atoms with E-state index in [1.807, 2.05) is 30.3 Å². The summed E-state index contributed by atoms with van der Waals surface area (Å²) in [5.41, 5.74) is 7.82. The molecule has 2 heterocycles. The third-order valence-corrected chi connectivity index (χ3v) is 4.96. The SMILES string of the molecule is Nc1c2ssc(-c3ccccc3)c-2[nH]c1=O. The molecule has 1 aromatic rings. The van der Waals surface area contributed by atoms with Gasteiger partial charge >= 0.3 is 0 Å². The van der Waals surface area contributed by atoms with Crippen molar-refractivity contribution in [2.24, 2.45) is 0 Å². The molecule has 0 bridgehead atoms. The van der Waals surface area contributed by atoms with E-state index in [-0.39, 0.29) is 5.56 Å². The molecule has 1 aromatic carbocycles. The van der Waals surface area contributed by atoms with Crippen LogP contribution >= 0.6 is 20.7 Å². The van der Waals surface area contributed by atoms with Gasteiger partial charge in [0.1, 0.15) is 5.69 Å². The zero-order valence-electron chi connectivity index (χ0n) is 8.19. The Bertz CT molecular complexity index is 650. The van der Waals surface area contributed by atoms with E-state index < -0.39 is 0 Å². The lowest BCUT2D eigenvalue weighted by Crippen LogP contribution is -2.03. The average molecular weight is 248 g/mol. The molecule has 5 heteroatoms. The molecule has 3 rings (SSSR count). The minimum absolute atomic E-state index is 0.189. The first kappa shape index (κ1) is 9.62. The highest BCUT2D eigenvalue weighted by Crippen LogP contribution is 2.44. The zero-order chi connectivity index (χ0) is 11.1. The van der Waals surface area contributed by atoms with E-state index in [4.69, 9.17) is 5.73 Å². The molecule has 2 aliphatic heterocycles. The summed E-state index contributed by atoms with van der Waals surface area (Å²) in [5.74, 6) is 0. The van der Waals surface area contributed by atoms with Crippen molar-refractivity contribution in [3.05, 3.63) is 40.7 Å². The van der Waals surface area contributed by atoms with E-state index in [1.54, 1.807) is 20.7 Å². The van der Waals surface area contributed by atoms with E-state index in [2.05, 4.69) is 4.98 Å². The lowest BCUT2D eigenvalue weighted by atomic mass is 10.1. The molecule has 0 amide bonds. The number of hydrogen-bond acceptors (Lipinski definition) is 4. The van der Waals surface area contributed by atoms with Crippen LogP contribution in [0.4, 0.5) is 5.69 Å². The van der Waals surface area contributed by atoms with Crippen LogP contribution in [0.3, 0.4) is 0 Å². The Balaban J connectivity index is 2.26. The number of hydrogen-bond donors (Lipinski definition) is 2. The van der Waals surface area contributed by atoms with Crippen molar-refractivity contribution in [1.82, 2.24) is 4.98 Å². The Morgan fingerprint density at radius 3 is 2.50 bits per heavy atom. The first-order chi connectivity index (χ1) is 7.77. The summed E-state index contributed by atoms with van der Waals surface area (Å²) in [6.45, 7) is 0. The number of nitrogens with one attached hydrogen (secondary N) is 1. The maximum absolute atomic E-state index is 11.4. The fraction of sp³-hybridized carbons (Fsp3) is 0. The fourth-order valence-corrected chi connectivity index (χ4v) is 4.31. The van der Waals surface area contributed by atoms with Crippen molar-refractivity contribution in [3.63, 3.8) is 0 Å². The second kappa shape index (κ2) is 3.47. The number of nitrogen functional groups attached to an aromatic ring is 1. The van der Waals surface area contributed by atoms with Crippen molar-refractivity contribution < 1.29 is 0 Å². The van der Waals surface area contributed by atoms with Crippen LogP contribution in [0.2, 0.25) is 0 Å². The third-order valence-electron chi connectivity index (χ3n) is 2.43. The highest BCUT2D eigenvalue weighted by molar-refractivity contribution is 7.72. The normalized spacial score (nSPS) is 11.0. The molecule has 0 aromatic heterocycles. The molecule has 0 aliphatic carbocycles. The van der Waals surface area contributed by atoms with Gasteiger partial charge in [-0.15, -0.1) is 0 Å². The van der Waals surface area contributed by atoms with Crippen molar-refractivity contribution in [2.75, 3.05) is 5.73 Å². The van der Waals surface area contributed by atoms with Gasteiger partial charge in [-0.3, -0.25) is 4.79 Å². The maximum Gasteiger partial charge on any atom is 0.273 e. The Kier molecular flexibility index (Phi) is 2.08.